The maximum Gasteiger partial charge on any atom is 0.328 e. The number of rotatable bonds is 4. The first-order chi connectivity index (χ1) is 7.49. The Bertz CT molecular complexity index is 432. The summed E-state index contributed by atoms with van der Waals surface area (Å²) in [7, 11) is 0. The number of benzene rings is 1. The Balaban J connectivity index is 2.65. The summed E-state index contributed by atoms with van der Waals surface area (Å²) in [5.74, 6) is -0.937. The van der Waals surface area contributed by atoms with Crippen LogP contribution in [0, 0.1) is 3.57 Å². The second-order valence-corrected chi connectivity index (χ2v) is 4.96. The number of aliphatic carboxylic acids is 1. The van der Waals surface area contributed by atoms with Crippen molar-refractivity contribution in [2.24, 2.45) is 0 Å². The molecular formula is C11H11ClINO2. The smallest absolute Gasteiger partial charge is 0.328 e. The Morgan fingerprint density at radius 3 is 2.88 bits per heavy atom. The van der Waals surface area contributed by atoms with Crippen molar-refractivity contribution in [2.75, 3.05) is 11.9 Å². The number of nitrogens with one attached hydrogen (secondary N) is 1. The van der Waals surface area contributed by atoms with Crippen LogP contribution in [0.4, 0.5) is 5.69 Å². The van der Waals surface area contributed by atoms with E-state index < -0.39 is 5.97 Å². The largest absolute Gasteiger partial charge is 0.478 e. The summed E-state index contributed by atoms with van der Waals surface area (Å²) in [5, 5.41) is 12.3. The maximum atomic E-state index is 10.4. The summed E-state index contributed by atoms with van der Waals surface area (Å²) in [4.78, 5) is 10.4. The Morgan fingerprint density at radius 2 is 2.31 bits per heavy atom. The molecule has 0 bridgehead atoms. The summed E-state index contributed by atoms with van der Waals surface area (Å²) >= 11 is 8.19. The molecule has 0 amide bonds. The van der Waals surface area contributed by atoms with E-state index in [2.05, 4.69) is 27.9 Å². The minimum absolute atomic E-state index is 0.465. The van der Waals surface area contributed by atoms with Crippen LogP contribution < -0.4 is 5.32 Å². The zero-order valence-electron chi connectivity index (χ0n) is 8.63. The summed E-state index contributed by atoms with van der Waals surface area (Å²) in [6, 6.07) is 5.66. The van der Waals surface area contributed by atoms with Gasteiger partial charge in [-0.3, -0.25) is 0 Å². The number of carboxylic acids is 1. The molecule has 86 valence electrons. The van der Waals surface area contributed by atoms with Gasteiger partial charge in [-0.15, -0.1) is 0 Å². The third-order valence-electron chi connectivity index (χ3n) is 1.86. The van der Waals surface area contributed by atoms with E-state index in [0.29, 0.717) is 11.6 Å². The second-order valence-electron chi connectivity index (χ2n) is 3.31. The van der Waals surface area contributed by atoms with Gasteiger partial charge in [-0.1, -0.05) is 11.6 Å². The molecule has 1 aromatic rings. The highest BCUT2D eigenvalue weighted by molar-refractivity contribution is 14.1. The van der Waals surface area contributed by atoms with Crippen LogP contribution in [-0.4, -0.2) is 17.6 Å². The van der Waals surface area contributed by atoms with E-state index in [1.165, 1.54) is 6.08 Å². The zero-order valence-corrected chi connectivity index (χ0v) is 11.5. The minimum Gasteiger partial charge on any atom is -0.478 e. The van der Waals surface area contributed by atoms with Crippen LogP contribution in [0.2, 0.25) is 5.02 Å². The minimum atomic E-state index is -0.937. The lowest BCUT2D eigenvalue weighted by Crippen LogP contribution is -2.05. The van der Waals surface area contributed by atoms with Crippen molar-refractivity contribution in [2.45, 2.75) is 6.92 Å². The van der Waals surface area contributed by atoms with E-state index >= 15 is 0 Å². The molecule has 0 atom stereocenters. The van der Waals surface area contributed by atoms with Crippen LogP contribution >= 0.6 is 34.2 Å². The first kappa shape index (κ1) is 13.3. The first-order valence-electron chi connectivity index (χ1n) is 4.58. The Hall–Kier alpha value is -0.750. The molecule has 2 N–H and O–H groups in total. The molecule has 16 heavy (non-hydrogen) atoms. The van der Waals surface area contributed by atoms with Gasteiger partial charge in [0.2, 0.25) is 0 Å². The zero-order chi connectivity index (χ0) is 12.1. The van der Waals surface area contributed by atoms with Gasteiger partial charge in [-0.25, -0.2) is 4.79 Å². The van der Waals surface area contributed by atoms with Gasteiger partial charge >= 0.3 is 5.97 Å². The lowest BCUT2D eigenvalue weighted by Gasteiger charge is -2.08. The number of carboxylic acid groups (broad SMARTS) is 1. The molecule has 0 saturated carbocycles. The van der Waals surface area contributed by atoms with Crippen molar-refractivity contribution in [3.63, 3.8) is 0 Å². The monoisotopic (exact) mass is 351 g/mol. The van der Waals surface area contributed by atoms with Crippen LogP contribution in [0.15, 0.2) is 29.8 Å². The molecule has 3 nitrogen and oxygen atoms in total. The topological polar surface area (TPSA) is 49.3 Å². The van der Waals surface area contributed by atoms with Gasteiger partial charge in [0.25, 0.3) is 0 Å². The molecule has 5 heteroatoms. The summed E-state index contributed by atoms with van der Waals surface area (Å²) in [5.41, 5.74) is 1.54. The molecule has 0 radical (unpaired) electrons. The second kappa shape index (κ2) is 6.10. The molecule has 0 aliphatic heterocycles. The number of anilines is 1. The van der Waals surface area contributed by atoms with E-state index in [9.17, 15) is 4.79 Å². The van der Waals surface area contributed by atoms with Crippen molar-refractivity contribution in [3.8, 4) is 0 Å². The van der Waals surface area contributed by atoms with Gasteiger partial charge < -0.3 is 10.4 Å². The number of halogens is 2. The van der Waals surface area contributed by atoms with Gasteiger partial charge in [0.05, 0.1) is 10.7 Å². The van der Waals surface area contributed by atoms with Crippen molar-refractivity contribution in [1.82, 2.24) is 0 Å². The molecule has 0 heterocycles. The fourth-order valence-corrected chi connectivity index (χ4v) is 2.05. The molecular weight excluding hydrogens is 340 g/mol. The highest BCUT2D eigenvalue weighted by atomic mass is 127. The Morgan fingerprint density at radius 1 is 1.62 bits per heavy atom. The molecule has 0 unspecified atom stereocenters. The lowest BCUT2D eigenvalue weighted by molar-refractivity contribution is -0.131. The third-order valence-corrected chi connectivity index (χ3v) is 2.84. The molecule has 0 spiro atoms. The highest BCUT2D eigenvalue weighted by Crippen LogP contribution is 2.23. The van der Waals surface area contributed by atoms with Crippen LogP contribution in [0.3, 0.4) is 0 Å². The van der Waals surface area contributed by atoms with Gasteiger partial charge in [-0.2, -0.15) is 0 Å². The maximum absolute atomic E-state index is 10.4. The quantitative estimate of drug-likeness (QED) is 0.646. The molecule has 0 fully saturated rings. The summed E-state index contributed by atoms with van der Waals surface area (Å²) in [6.07, 6.45) is 1.17. The van der Waals surface area contributed by atoms with E-state index in [-0.39, 0.29) is 0 Å². The highest BCUT2D eigenvalue weighted by Gasteiger charge is 2.01. The molecule has 1 rings (SSSR count). The summed E-state index contributed by atoms with van der Waals surface area (Å²) in [6.45, 7) is 2.22. The molecule has 0 aliphatic rings. The average Bonchev–Trinajstić information content (AvgIpc) is 2.15. The van der Waals surface area contributed by atoms with Crippen molar-refractivity contribution >= 4 is 45.8 Å². The first-order valence-corrected chi connectivity index (χ1v) is 6.03. The molecule has 0 saturated heterocycles. The van der Waals surface area contributed by atoms with Gasteiger partial charge in [0, 0.05) is 16.2 Å². The third kappa shape index (κ3) is 4.40. The predicted molar refractivity (Wildman–Crippen MR) is 74.1 cm³/mol. The van der Waals surface area contributed by atoms with Crippen molar-refractivity contribution in [1.29, 1.82) is 0 Å². The fourth-order valence-electron chi connectivity index (χ4n) is 1.13. The SMILES string of the molecule is C/C(=C/C(=O)O)CNc1ccc(I)cc1Cl. The summed E-state index contributed by atoms with van der Waals surface area (Å²) < 4.78 is 1.06. The standard InChI is InChI=1S/C11H11ClINO2/c1-7(4-11(15)16)6-14-10-3-2-8(13)5-9(10)12/h2-5,14H,6H2,1H3,(H,15,16)/b7-4-. The van der Waals surface area contributed by atoms with Crippen LogP contribution in [-0.2, 0) is 4.79 Å². The normalized spacial score (nSPS) is 11.3. The van der Waals surface area contributed by atoms with Crippen molar-refractivity contribution < 1.29 is 9.90 Å². The number of hydrogen-bond donors (Lipinski definition) is 2. The Kier molecular flexibility index (Phi) is 5.08. The van der Waals surface area contributed by atoms with Crippen LogP contribution in [0.1, 0.15) is 6.92 Å². The molecule has 0 aromatic heterocycles. The molecule has 1 aromatic carbocycles. The predicted octanol–water partition coefficient (Wildman–Crippen LogP) is 3.39. The van der Waals surface area contributed by atoms with Crippen LogP contribution in [0.25, 0.3) is 0 Å². The number of carbonyl (C=O) groups is 1. The lowest BCUT2D eigenvalue weighted by atomic mass is 10.2. The van der Waals surface area contributed by atoms with E-state index in [0.717, 1.165) is 14.8 Å². The van der Waals surface area contributed by atoms with E-state index in [1.54, 1.807) is 6.92 Å². The van der Waals surface area contributed by atoms with E-state index in [1.807, 2.05) is 18.2 Å². The average molecular weight is 352 g/mol. The number of hydrogen-bond acceptors (Lipinski definition) is 2. The van der Waals surface area contributed by atoms with E-state index in [4.69, 9.17) is 16.7 Å². The van der Waals surface area contributed by atoms with Gasteiger partial charge in [0.1, 0.15) is 0 Å². The van der Waals surface area contributed by atoms with Gasteiger partial charge in [0.15, 0.2) is 0 Å². The fraction of sp³-hybridized carbons (Fsp3) is 0.182. The Labute approximate surface area is 113 Å². The molecule has 0 aliphatic carbocycles. The van der Waals surface area contributed by atoms with Gasteiger partial charge in [-0.05, 0) is 53.3 Å². The van der Waals surface area contributed by atoms with Crippen molar-refractivity contribution in [3.05, 3.63) is 38.4 Å². The van der Waals surface area contributed by atoms with Crippen LogP contribution in [0.5, 0.6) is 0 Å².